The summed E-state index contributed by atoms with van der Waals surface area (Å²) in [5.41, 5.74) is 0. The SMILES string of the molecule is O=P1([O-])OCC(CC(F)(F)C(F)(F)F)O1. The van der Waals surface area contributed by atoms with Crippen LogP contribution in [0.2, 0.25) is 0 Å². The quantitative estimate of drug-likeness (QED) is 0.553. The molecule has 0 spiro atoms. The number of phosphoric ester groups is 1. The standard InChI is InChI=1S/C5H6F5O4P/c6-4(7,5(8,9)10)1-3-2-13-15(11,12)14-3/h3H,1-2H2,(H,11,12)/p-1. The maximum absolute atomic E-state index is 12.4. The summed E-state index contributed by atoms with van der Waals surface area (Å²) in [5.74, 6) is -4.99. The van der Waals surface area contributed by atoms with Gasteiger partial charge in [-0.15, -0.1) is 0 Å². The molecule has 0 aromatic heterocycles. The molecule has 0 bridgehead atoms. The Morgan fingerprint density at radius 3 is 2.20 bits per heavy atom. The fourth-order valence-corrected chi connectivity index (χ4v) is 1.83. The van der Waals surface area contributed by atoms with Gasteiger partial charge in [0.25, 0.3) is 7.82 Å². The van der Waals surface area contributed by atoms with Gasteiger partial charge in [-0.05, 0) is 0 Å². The van der Waals surface area contributed by atoms with Gasteiger partial charge >= 0.3 is 12.1 Å². The fraction of sp³-hybridized carbons (Fsp3) is 1.00. The molecular weight excluding hydrogens is 250 g/mol. The molecule has 0 saturated carbocycles. The lowest BCUT2D eigenvalue weighted by atomic mass is 10.1. The molecule has 2 atom stereocenters. The minimum Gasteiger partial charge on any atom is -0.756 e. The van der Waals surface area contributed by atoms with E-state index >= 15 is 0 Å². The summed E-state index contributed by atoms with van der Waals surface area (Å²) in [6.07, 6.45) is -9.31. The van der Waals surface area contributed by atoms with E-state index in [1.54, 1.807) is 0 Å². The Bertz CT molecular complexity index is 290. The maximum atomic E-state index is 12.4. The maximum Gasteiger partial charge on any atom is 0.453 e. The summed E-state index contributed by atoms with van der Waals surface area (Å²) in [4.78, 5) is 10.4. The van der Waals surface area contributed by atoms with Crippen molar-refractivity contribution in [3.05, 3.63) is 0 Å². The number of hydrogen-bond acceptors (Lipinski definition) is 4. The summed E-state index contributed by atoms with van der Waals surface area (Å²) < 4.78 is 78.0. The Hall–Kier alpha value is -0.240. The van der Waals surface area contributed by atoms with Crippen molar-refractivity contribution < 1.29 is 40.5 Å². The van der Waals surface area contributed by atoms with Crippen molar-refractivity contribution in [1.29, 1.82) is 0 Å². The van der Waals surface area contributed by atoms with Crippen LogP contribution in [0.5, 0.6) is 0 Å². The average Bonchev–Trinajstić information content (AvgIpc) is 2.26. The van der Waals surface area contributed by atoms with Crippen LogP contribution < -0.4 is 4.89 Å². The molecule has 1 heterocycles. The Kier molecular flexibility index (Phi) is 3.13. The van der Waals surface area contributed by atoms with Crippen LogP contribution in [0, 0.1) is 0 Å². The first-order valence-electron chi connectivity index (χ1n) is 3.62. The molecular formula is C5H5F5O4P-. The molecule has 1 aliphatic rings. The van der Waals surface area contributed by atoms with Gasteiger partial charge in [-0.1, -0.05) is 0 Å². The summed E-state index contributed by atoms with van der Waals surface area (Å²) >= 11 is 0. The molecule has 10 heteroatoms. The Balaban J connectivity index is 2.61. The van der Waals surface area contributed by atoms with Gasteiger partial charge in [0.05, 0.1) is 12.7 Å². The number of alkyl halides is 5. The highest BCUT2D eigenvalue weighted by Crippen LogP contribution is 2.49. The number of hydrogen-bond donors (Lipinski definition) is 0. The molecule has 4 nitrogen and oxygen atoms in total. The van der Waals surface area contributed by atoms with Crippen LogP contribution in [0.4, 0.5) is 22.0 Å². The van der Waals surface area contributed by atoms with E-state index in [0.717, 1.165) is 0 Å². The van der Waals surface area contributed by atoms with Gasteiger partial charge in [-0.3, -0.25) is 4.57 Å². The second kappa shape index (κ2) is 3.65. The second-order valence-electron chi connectivity index (χ2n) is 2.88. The van der Waals surface area contributed by atoms with Crippen LogP contribution in [0.15, 0.2) is 0 Å². The summed E-state index contributed by atoms with van der Waals surface area (Å²) in [7, 11) is -4.69. The Labute approximate surface area is 80.6 Å². The Morgan fingerprint density at radius 1 is 1.33 bits per heavy atom. The smallest absolute Gasteiger partial charge is 0.453 e. The van der Waals surface area contributed by atoms with E-state index in [1.165, 1.54) is 0 Å². The van der Waals surface area contributed by atoms with Crippen molar-refractivity contribution in [2.45, 2.75) is 24.6 Å². The van der Waals surface area contributed by atoms with E-state index in [9.17, 15) is 31.4 Å². The molecule has 0 aromatic rings. The zero-order valence-electron chi connectivity index (χ0n) is 6.96. The molecule has 2 unspecified atom stereocenters. The van der Waals surface area contributed by atoms with Crippen LogP contribution in [0.1, 0.15) is 6.42 Å². The van der Waals surface area contributed by atoms with Crippen LogP contribution in [0.25, 0.3) is 0 Å². The molecule has 0 radical (unpaired) electrons. The first-order valence-corrected chi connectivity index (χ1v) is 5.08. The van der Waals surface area contributed by atoms with Gasteiger partial charge in [0.2, 0.25) is 0 Å². The van der Waals surface area contributed by atoms with Gasteiger partial charge < -0.3 is 13.9 Å². The van der Waals surface area contributed by atoms with E-state index in [4.69, 9.17) is 0 Å². The highest BCUT2D eigenvalue weighted by molar-refractivity contribution is 7.46. The minimum atomic E-state index is -5.73. The van der Waals surface area contributed by atoms with Gasteiger partial charge in [0.1, 0.15) is 0 Å². The molecule has 1 rings (SSSR count). The third-order valence-electron chi connectivity index (χ3n) is 1.60. The van der Waals surface area contributed by atoms with E-state index < -0.39 is 39.1 Å². The summed E-state index contributed by atoms with van der Waals surface area (Å²) in [6, 6.07) is 0. The monoisotopic (exact) mass is 255 g/mol. The predicted octanol–water partition coefficient (Wildman–Crippen LogP) is 1.46. The molecule has 15 heavy (non-hydrogen) atoms. The van der Waals surface area contributed by atoms with Crippen molar-refractivity contribution in [3.8, 4) is 0 Å². The van der Waals surface area contributed by atoms with Crippen molar-refractivity contribution in [2.75, 3.05) is 6.61 Å². The number of phosphoric acid groups is 1. The van der Waals surface area contributed by atoms with E-state index in [-0.39, 0.29) is 0 Å². The fourth-order valence-electron chi connectivity index (χ4n) is 0.916. The van der Waals surface area contributed by atoms with Crippen molar-refractivity contribution >= 4 is 7.82 Å². The molecule has 0 N–H and O–H groups in total. The van der Waals surface area contributed by atoms with Crippen LogP contribution in [-0.2, 0) is 13.6 Å². The normalized spacial score (nSPS) is 33.3. The summed E-state index contributed by atoms with van der Waals surface area (Å²) in [6.45, 7) is -0.827. The lowest BCUT2D eigenvalue weighted by Gasteiger charge is -2.22. The first kappa shape index (κ1) is 12.8. The zero-order chi connectivity index (χ0) is 11.9. The van der Waals surface area contributed by atoms with E-state index in [0.29, 0.717) is 0 Å². The lowest BCUT2D eigenvalue weighted by Crippen LogP contribution is -2.40. The molecule has 1 saturated heterocycles. The molecule has 1 fully saturated rings. The zero-order valence-corrected chi connectivity index (χ0v) is 7.86. The van der Waals surface area contributed by atoms with Gasteiger partial charge in [-0.2, -0.15) is 22.0 Å². The van der Waals surface area contributed by atoms with Crippen LogP contribution in [-0.4, -0.2) is 24.8 Å². The van der Waals surface area contributed by atoms with Gasteiger partial charge in [0.15, 0.2) is 0 Å². The lowest BCUT2D eigenvalue weighted by molar-refractivity contribution is -0.289. The van der Waals surface area contributed by atoms with Gasteiger partial charge in [-0.25, -0.2) is 0 Å². The number of rotatable bonds is 2. The highest BCUT2D eigenvalue weighted by Gasteiger charge is 2.58. The van der Waals surface area contributed by atoms with E-state index in [1.807, 2.05) is 0 Å². The van der Waals surface area contributed by atoms with Gasteiger partial charge in [0, 0.05) is 6.42 Å². The third-order valence-corrected chi connectivity index (χ3v) is 2.62. The largest absolute Gasteiger partial charge is 0.756 e. The first-order chi connectivity index (χ1) is 6.54. The van der Waals surface area contributed by atoms with E-state index in [2.05, 4.69) is 9.05 Å². The number of halogens is 5. The third kappa shape index (κ3) is 3.10. The van der Waals surface area contributed by atoms with Crippen molar-refractivity contribution in [3.63, 3.8) is 0 Å². The topological polar surface area (TPSA) is 58.6 Å². The van der Waals surface area contributed by atoms with Crippen LogP contribution >= 0.6 is 7.82 Å². The molecule has 1 aliphatic heterocycles. The van der Waals surface area contributed by atoms with Crippen LogP contribution in [0.3, 0.4) is 0 Å². The molecule has 0 aromatic carbocycles. The minimum absolute atomic E-state index is 0.827. The molecule has 90 valence electrons. The van der Waals surface area contributed by atoms with Crippen molar-refractivity contribution in [2.24, 2.45) is 0 Å². The molecule has 0 amide bonds. The predicted molar refractivity (Wildman–Crippen MR) is 34.1 cm³/mol. The average molecular weight is 255 g/mol. The van der Waals surface area contributed by atoms with Crippen molar-refractivity contribution in [1.82, 2.24) is 0 Å². The Morgan fingerprint density at radius 2 is 1.87 bits per heavy atom. The molecule has 0 aliphatic carbocycles. The summed E-state index contributed by atoms with van der Waals surface area (Å²) in [5, 5.41) is 0. The second-order valence-corrected chi connectivity index (χ2v) is 4.24. The highest BCUT2D eigenvalue weighted by atomic mass is 31.2.